The predicted octanol–water partition coefficient (Wildman–Crippen LogP) is 2.53. The molecule has 2 N–H and O–H groups in total. The maximum atomic E-state index is 10.7. The number of benzene rings is 1. The van der Waals surface area contributed by atoms with Gasteiger partial charge in [-0.25, -0.2) is 4.79 Å². The van der Waals surface area contributed by atoms with Gasteiger partial charge >= 0.3 is 5.97 Å². The van der Waals surface area contributed by atoms with Gasteiger partial charge in [-0.05, 0) is 16.5 Å². The summed E-state index contributed by atoms with van der Waals surface area (Å²) < 4.78 is 0. The lowest BCUT2D eigenvalue weighted by atomic mass is 9.85. The third-order valence-corrected chi connectivity index (χ3v) is 3.03. The predicted molar refractivity (Wildman–Crippen MR) is 67.2 cm³/mol. The van der Waals surface area contributed by atoms with Crippen LogP contribution in [0.25, 0.3) is 0 Å². The zero-order valence-electron chi connectivity index (χ0n) is 10.8. The minimum absolute atomic E-state index is 0.0766. The molecule has 94 valence electrons. The van der Waals surface area contributed by atoms with Crippen LogP contribution in [-0.2, 0) is 10.2 Å². The number of aliphatic hydroxyl groups is 1. The molecule has 0 spiro atoms. The average Bonchev–Trinajstić information content (AvgIpc) is 2.26. The lowest BCUT2D eigenvalue weighted by molar-refractivity contribution is -0.147. The molecule has 0 aliphatic heterocycles. The van der Waals surface area contributed by atoms with E-state index in [2.05, 4.69) is 20.8 Å². The van der Waals surface area contributed by atoms with Crippen LogP contribution < -0.4 is 0 Å². The maximum absolute atomic E-state index is 10.7. The van der Waals surface area contributed by atoms with Crippen molar-refractivity contribution in [1.29, 1.82) is 0 Å². The lowest BCUT2D eigenvalue weighted by Crippen LogP contribution is -2.25. The molecule has 3 heteroatoms. The summed E-state index contributed by atoms with van der Waals surface area (Å²) in [6.07, 6.45) is -1.35. The molecule has 0 aromatic heterocycles. The molecule has 17 heavy (non-hydrogen) atoms. The quantitative estimate of drug-likeness (QED) is 0.848. The van der Waals surface area contributed by atoms with Gasteiger partial charge in [0, 0.05) is 5.92 Å². The minimum atomic E-state index is -1.35. The van der Waals surface area contributed by atoms with Gasteiger partial charge in [-0.1, -0.05) is 52.0 Å². The summed E-state index contributed by atoms with van der Waals surface area (Å²) >= 11 is 0. The van der Waals surface area contributed by atoms with Crippen LogP contribution in [0.2, 0.25) is 0 Å². The monoisotopic (exact) mass is 236 g/mol. The van der Waals surface area contributed by atoms with E-state index in [1.165, 1.54) is 5.56 Å². The van der Waals surface area contributed by atoms with Gasteiger partial charge in [0.25, 0.3) is 0 Å². The summed E-state index contributed by atoms with van der Waals surface area (Å²) in [6, 6.07) is 7.75. The van der Waals surface area contributed by atoms with Gasteiger partial charge in [0.05, 0.1) is 0 Å². The van der Waals surface area contributed by atoms with E-state index in [0.717, 1.165) is 5.56 Å². The number of aliphatic hydroxyl groups excluding tert-OH is 1. The second-order valence-electron chi connectivity index (χ2n) is 5.44. The first kappa shape index (κ1) is 13.7. The first-order valence-corrected chi connectivity index (χ1v) is 5.75. The van der Waals surface area contributed by atoms with E-state index in [1.807, 2.05) is 24.3 Å². The summed E-state index contributed by atoms with van der Waals surface area (Å²) in [4.78, 5) is 10.7. The first-order chi connectivity index (χ1) is 7.73. The number of carbonyl (C=O) groups is 1. The largest absolute Gasteiger partial charge is 0.479 e. The molecule has 2 unspecified atom stereocenters. The molecule has 0 aliphatic rings. The number of hydrogen-bond acceptors (Lipinski definition) is 2. The standard InChI is InChI=1S/C14H20O3/c1-9(12(15)13(16)17)10-5-7-11(8-6-10)14(2,3)4/h5-9,12,15H,1-4H3,(H,16,17). The highest BCUT2D eigenvalue weighted by Gasteiger charge is 2.23. The average molecular weight is 236 g/mol. The van der Waals surface area contributed by atoms with Crippen molar-refractivity contribution in [3.8, 4) is 0 Å². The van der Waals surface area contributed by atoms with E-state index >= 15 is 0 Å². The molecule has 1 aromatic carbocycles. The van der Waals surface area contributed by atoms with E-state index in [9.17, 15) is 9.90 Å². The fourth-order valence-corrected chi connectivity index (χ4v) is 1.68. The molecule has 0 radical (unpaired) electrons. The molecule has 0 aliphatic carbocycles. The highest BCUT2D eigenvalue weighted by atomic mass is 16.4. The fraction of sp³-hybridized carbons (Fsp3) is 0.500. The Morgan fingerprint density at radius 1 is 1.18 bits per heavy atom. The number of rotatable bonds is 3. The summed E-state index contributed by atoms with van der Waals surface area (Å²) in [6.45, 7) is 8.08. The van der Waals surface area contributed by atoms with Gasteiger partial charge in [-0.3, -0.25) is 0 Å². The van der Waals surface area contributed by atoms with Crippen molar-refractivity contribution in [2.75, 3.05) is 0 Å². The van der Waals surface area contributed by atoms with Gasteiger partial charge in [-0.15, -0.1) is 0 Å². The Hall–Kier alpha value is -1.35. The number of carboxylic acid groups (broad SMARTS) is 1. The summed E-state index contributed by atoms with van der Waals surface area (Å²) in [5, 5.41) is 18.2. The zero-order chi connectivity index (χ0) is 13.2. The Kier molecular flexibility index (Phi) is 3.94. The van der Waals surface area contributed by atoms with Crippen LogP contribution in [0.1, 0.15) is 44.7 Å². The normalized spacial score (nSPS) is 15.4. The van der Waals surface area contributed by atoms with E-state index in [1.54, 1.807) is 6.92 Å². The number of carboxylic acids is 1. The Bertz CT molecular complexity index is 387. The van der Waals surface area contributed by atoms with Crippen LogP contribution in [0, 0.1) is 0 Å². The lowest BCUT2D eigenvalue weighted by Gasteiger charge is -2.21. The Balaban J connectivity index is 2.92. The molecule has 0 fully saturated rings. The van der Waals surface area contributed by atoms with Crippen molar-refractivity contribution in [3.05, 3.63) is 35.4 Å². The number of aliphatic carboxylic acids is 1. The van der Waals surface area contributed by atoms with Gasteiger partial charge in [-0.2, -0.15) is 0 Å². The molecule has 1 aromatic rings. The molecule has 0 amide bonds. The van der Waals surface area contributed by atoms with Crippen molar-refractivity contribution >= 4 is 5.97 Å². The summed E-state index contributed by atoms with van der Waals surface area (Å²) in [7, 11) is 0. The van der Waals surface area contributed by atoms with Crippen LogP contribution in [0.5, 0.6) is 0 Å². The van der Waals surface area contributed by atoms with Gasteiger partial charge in [0.1, 0.15) is 0 Å². The Morgan fingerprint density at radius 2 is 1.65 bits per heavy atom. The van der Waals surface area contributed by atoms with E-state index in [0.29, 0.717) is 0 Å². The second-order valence-corrected chi connectivity index (χ2v) is 5.44. The van der Waals surface area contributed by atoms with Crippen molar-refractivity contribution in [2.45, 2.75) is 45.1 Å². The fourth-order valence-electron chi connectivity index (χ4n) is 1.68. The van der Waals surface area contributed by atoms with Crippen molar-refractivity contribution < 1.29 is 15.0 Å². The van der Waals surface area contributed by atoms with Crippen LogP contribution in [0.4, 0.5) is 0 Å². The minimum Gasteiger partial charge on any atom is -0.479 e. The van der Waals surface area contributed by atoms with Gasteiger partial charge < -0.3 is 10.2 Å². The van der Waals surface area contributed by atoms with Crippen molar-refractivity contribution in [1.82, 2.24) is 0 Å². The van der Waals surface area contributed by atoms with Crippen LogP contribution in [0.3, 0.4) is 0 Å². The topological polar surface area (TPSA) is 57.5 Å². The highest BCUT2D eigenvalue weighted by molar-refractivity contribution is 5.73. The third kappa shape index (κ3) is 3.30. The number of hydrogen-bond donors (Lipinski definition) is 2. The second kappa shape index (κ2) is 4.88. The van der Waals surface area contributed by atoms with Crippen LogP contribution >= 0.6 is 0 Å². The molecule has 0 saturated heterocycles. The molecule has 2 atom stereocenters. The van der Waals surface area contributed by atoms with E-state index < -0.39 is 18.0 Å². The molecule has 1 rings (SSSR count). The molecule has 0 bridgehead atoms. The Labute approximate surface area is 102 Å². The molecule has 3 nitrogen and oxygen atoms in total. The van der Waals surface area contributed by atoms with Crippen LogP contribution in [0.15, 0.2) is 24.3 Å². The molecule has 0 heterocycles. The van der Waals surface area contributed by atoms with Crippen molar-refractivity contribution in [3.63, 3.8) is 0 Å². The molecule has 0 saturated carbocycles. The van der Waals surface area contributed by atoms with Gasteiger partial charge in [0.2, 0.25) is 0 Å². The SMILES string of the molecule is CC(c1ccc(C(C)(C)C)cc1)C(O)C(=O)O. The van der Waals surface area contributed by atoms with Crippen molar-refractivity contribution in [2.24, 2.45) is 0 Å². The Morgan fingerprint density at radius 3 is 2.00 bits per heavy atom. The smallest absolute Gasteiger partial charge is 0.333 e. The highest BCUT2D eigenvalue weighted by Crippen LogP contribution is 2.25. The summed E-state index contributed by atoms with van der Waals surface area (Å²) in [5.74, 6) is -1.58. The third-order valence-electron chi connectivity index (χ3n) is 3.03. The zero-order valence-corrected chi connectivity index (χ0v) is 10.8. The maximum Gasteiger partial charge on any atom is 0.333 e. The summed E-state index contributed by atoms with van der Waals surface area (Å²) in [5.41, 5.74) is 2.11. The first-order valence-electron chi connectivity index (χ1n) is 5.75. The van der Waals surface area contributed by atoms with E-state index in [4.69, 9.17) is 5.11 Å². The van der Waals surface area contributed by atoms with Crippen LogP contribution in [-0.4, -0.2) is 22.3 Å². The van der Waals surface area contributed by atoms with Gasteiger partial charge in [0.15, 0.2) is 6.10 Å². The molecular weight excluding hydrogens is 216 g/mol. The van der Waals surface area contributed by atoms with E-state index in [-0.39, 0.29) is 5.41 Å². The molecular formula is C14H20O3.